The van der Waals surface area contributed by atoms with Crippen molar-refractivity contribution in [2.24, 2.45) is 11.3 Å². The van der Waals surface area contributed by atoms with Crippen molar-refractivity contribution in [3.05, 3.63) is 0 Å². The summed E-state index contributed by atoms with van der Waals surface area (Å²) < 4.78 is 0. The van der Waals surface area contributed by atoms with Crippen LogP contribution in [-0.2, 0) is 4.79 Å². The predicted octanol–water partition coefficient (Wildman–Crippen LogP) is 3.01. The van der Waals surface area contributed by atoms with Crippen molar-refractivity contribution in [2.45, 2.75) is 65.3 Å². The van der Waals surface area contributed by atoms with Gasteiger partial charge < -0.3 is 5.32 Å². The zero-order chi connectivity index (χ0) is 12.9. The van der Waals surface area contributed by atoms with Crippen molar-refractivity contribution in [2.75, 3.05) is 0 Å². The van der Waals surface area contributed by atoms with Crippen molar-refractivity contribution in [3.8, 4) is 6.07 Å². The van der Waals surface area contributed by atoms with E-state index in [1.807, 2.05) is 6.92 Å². The first-order valence-electron chi connectivity index (χ1n) is 6.75. The second-order valence-corrected chi connectivity index (χ2v) is 5.49. The lowest BCUT2D eigenvalue weighted by atomic mass is 9.87. The Hall–Kier alpha value is -1.04. The third-order valence-corrected chi connectivity index (χ3v) is 4.13. The molecule has 3 unspecified atom stereocenters. The first-order valence-corrected chi connectivity index (χ1v) is 6.75. The van der Waals surface area contributed by atoms with Crippen LogP contribution in [0.25, 0.3) is 0 Å². The van der Waals surface area contributed by atoms with Crippen molar-refractivity contribution < 1.29 is 4.79 Å². The number of rotatable bonds is 3. The highest BCUT2D eigenvalue weighted by Crippen LogP contribution is 2.25. The monoisotopic (exact) mass is 236 g/mol. The molecular formula is C14H24N2O. The molecule has 1 saturated carbocycles. The standard InChI is InChI=1S/C14H24N2O/c1-4-14(3,10-15)13(17)16-12-9-7-5-6-8-11(12)2/h11-12H,4-9H2,1-3H3,(H,16,17). The molecule has 0 aliphatic heterocycles. The first kappa shape index (κ1) is 14.0. The van der Waals surface area contributed by atoms with Gasteiger partial charge in [-0.15, -0.1) is 0 Å². The molecule has 1 aliphatic carbocycles. The lowest BCUT2D eigenvalue weighted by Crippen LogP contribution is -2.45. The zero-order valence-corrected chi connectivity index (χ0v) is 11.3. The van der Waals surface area contributed by atoms with Gasteiger partial charge in [0.1, 0.15) is 5.41 Å². The van der Waals surface area contributed by atoms with Crippen molar-refractivity contribution in [1.29, 1.82) is 5.26 Å². The summed E-state index contributed by atoms with van der Waals surface area (Å²) in [6.07, 6.45) is 6.51. The molecule has 3 heteroatoms. The number of amides is 1. The second-order valence-electron chi connectivity index (χ2n) is 5.49. The number of hydrogen-bond acceptors (Lipinski definition) is 2. The van der Waals surface area contributed by atoms with Crippen molar-refractivity contribution >= 4 is 5.91 Å². The molecule has 17 heavy (non-hydrogen) atoms. The van der Waals surface area contributed by atoms with Gasteiger partial charge in [0.05, 0.1) is 6.07 Å². The first-order chi connectivity index (χ1) is 8.03. The minimum atomic E-state index is -0.869. The number of nitrogens with one attached hydrogen (secondary N) is 1. The third-order valence-electron chi connectivity index (χ3n) is 4.13. The van der Waals surface area contributed by atoms with E-state index < -0.39 is 5.41 Å². The molecule has 1 N–H and O–H groups in total. The lowest BCUT2D eigenvalue weighted by Gasteiger charge is -2.27. The Morgan fingerprint density at radius 3 is 2.65 bits per heavy atom. The molecule has 0 aromatic heterocycles. The average molecular weight is 236 g/mol. The van der Waals surface area contributed by atoms with Gasteiger partial charge in [-0.3, -0.25) is 4.79 Å². The van der Waals surface area contributed by atoms with Gasteiger partial charge in [0, 0.05) is 6.04 Å². The maximum absolute atomic E-state index is 12.1. The van der Waals surface area contributed by atoms with Gasteiger partial charge >= 0.3 is 0 Å². The fourth-order valence-corrected chi connectivity index (χ4v) is 2.33. The molecule has 0 bridgehead atoms. The van der Waals surface area contributed by atoms with Gasteiger partial charge in [-0.2, -0.15) is 5.26 Å². The normalized spacial score (nSPS) is 28.6. The van der Waals surface area contributed by atoms with E-state index in [0.29, 0.717) is 12.3 Å². The summed E-state index contributed by atoms with van der Waals surface area (Å²) in [5.41, 5.74) is -0.869. The number of nitrogens with zero attached hydrogens (tertiary/aromatic N) is 1. The zero-order valence-electron chi connectivity index (χ0n) is 11.3. The Bertz CT molecular complexity index is 308. The van der Waals surface area contributed by atoms with Crippen molar-refractivity contribution in [1.82, 2.24) is 5.32 Å². The van der Waals surface area contributed by atoms with E-state index in [0.717, 1.165) is 6.42 Å². The summed E-state index contributed by atoms with van der Waals surface area (Å²) in [6.45, 7) is 5.81. The smallest absolute Gasteiger partial charge is 0.240 e. The summed E-state index contributed by atoms with van der Waals surface area (Å²) in [7, 11) is 0. The molecule has 96 valence electrons. The highest BCUT2D eigenvalue weighted by Gasteiger charge is 2.33. The Morgan fingerprint density at radius 1 is 1.41 bits per heavy atom. The number of nitriles is 1. The minimum absolute atomic E-state index is 0.0961. The maximum atomic E-state index is 12.1. The third kappa shape index (κ3) is 3.46. The largest absolute Gasteiger partial charge is 0.352 e. The highest BCUT2D eigenvalue weighted by atomic mass is 16.2. The van der Waals surface area contributed by atoms with E-state index in [1.54, 1.807) is 6.92 Å². The van der Waals surface area contributed by atoms with Gasteiger partial charge in [0.2, 0.25) is 5.91 Å². The fourth-order valence-electron chi connectivity index (χ4n) is 2.33. The molecule has 1 amide bonds. The molecule has 3 nitrogen and oxygen atoms in total. The quantitative estimate of drug-likeness (QED) is 0.766. The minimum Gasteiger partial charge on any atom is -0.352 e. The molecule has 1 aliphatic rings. The van der Waals surface area contributed by atoms with Crippen LogP contribution in [0.5, 0.6) is 0 Å². The SMILES string of the molecule is CCC(C)(C#N)C(=O)NC1CCCCCC1C. The van der Waals surface area contributed by atoms with E-state index in [4.69, 9.17) is 5.26 Å². The molecule has 0 spiro atoms. The number of carbonyl (C=O) groups excluding carboxylic acids is 1. The van der Waals surface area contributed by atoms with Crippen LogP contribution in [0.1, 0.15) is 59.3 Å². The van der Waals surface area contributed by atoms with Gasteiger partial charge in [0.25, 0.3) is 0 Å². The average Bonchev–Trinajstić information content (AvgIpc) is 2.54. The van der Waals surface area contributed by atoms with Crippen LogP contribution in [0, 0.1) is 22.7 Å². The summed E-state index contributed by atoms with van der Waals surface area (Å²) in [6, 6.07) is 2.39. The Kier molecular flexibility index (Phi) is 4.99. The van der Waals surface area contributed by atoms with E-state index in [1.165, 1.54) is 25.7 Å². The molecule has 1 rings (SSSR count). The number of hydrogen-bond donors (Lipinski definition) is 1. The Balaban J connectivity index is 2.63. The molecule has 0 aromatic rings. The lowest BCUT2D eigenvalue weighted by molar-refractivity contribution is -0.128. The molecule has 0 heterocycles. The number of carbonyl (C=O) groups is 1. The van der Waals surface area contributed by atoms with Crippen LogP contribution in [0.2, 0.25) is 0 Å². The van der Waals surface area contributed by atoms with E-state index >= 15 is 0 Å². The second kappa shape index (κ2) is 6.05. The van der Waals surface area contributed by atoms with Gasteiger partial charge in [-0.1, -0.05) is 33.1 Å². The molecule has 0 aromatic carbocycles. The fraction of sp³-hybridized carbons (Fsp3) is 0.857. The molecule has 1 fully saturated rings. The van der Waals surface area contributed by atoms with Crippen LogP contribution in [0.15, 0.2) is 0 Å². The van der Waals surface area contributed by atoms with Crippen molar-refractivity contribution in [3.63, 3.8) is 0 Å². The molecule has 0 radical (unpaired) electrons. The van der Waals surface area contributed by atoms with E-state index in [2.05, 4.69) is 18.3 Å². The summed E-state index contributed by atoms with van der Waals surface area (Å²) in [5.74, 6) is 0.433. The summed E-state index contributed by atoms with van der Waals surface area (Å²) in [4.78, 5) is 12.1. The highest BCUT2D eigenvalue weighted by molar-refractivity contribution is 5.85. The van der Waals surface area contributed by atoms with Gasteiger partial charge in [-0.25, -0.2) is 0 Å². The van der Waals surface area contributed by atoms with E-state index in [9.17, 15) is 4.79 Å². The van der Waals surface area contributed by atoms with Crippen LogP contribution in [-0.4, -0.2) is 11.9 Å². The summed E-state index contributed by atoms with van der Waals surface area (Å²) >= 11 is 0. The van der Waals surface area contributed by atoms with Crippen LogP contribution < -0.4 is 5.32 Å². The predicted molar refractivity (Wildman–Crippen MR) is 68.2 cm³/mol. The van der Waals surface area contributed by atoms with Gasteiger partial charge in [0.15, 0.2) is 0 Å². The van der Waals surface area contributed by atoms with Gasteiger partial charge in [-0.05, 0) is 32.1 Å². The molecule has 3 atom stereocenters. The molecule has 0 saturated heterocycles. The Morgan fingerprint density at radius 2 is 2.06 bits per heavy atom. The van der Waals surface area contributed by atoms with Crippen LogP contribution in [0.3, 0.4) is 0 Å². The van der Waals surface area contributed by atoms with Crippen LogP contribution in [0.4, 0.5) is 0 Å². The maximum Gasteiger partial charge on any atom is 0.240 e. The topological polar surface area (TPSA) is 52.9 Å². The Labute approximate surface area is 105 Å². The van der Waals surface area contributed by atoms with Crippen LogP contribution >= 0.6 is 0 Å². The summed E-state index contributed by atoms with van der Waals surface area (Å²) in [5, 5.41) is 12.2. The van der Waals surface area contributed by atoms with E-state index in [-0.39, 0.29) is 11.9 Å². The molecular weight excluding hydrogens is 212 g/mol.